The van der Waals surface area contributed by atoms with E-state index in [1.54, 1.807) is 0 Å². The van der Waals surface area contributed by atoms with Crippen LogP contribution in [-0.2, 0) is 0 Å². The fourth-order valence-corrected chi connectivity index (χ4v) is 4.55. The highest BCUT2D eigenvalue weighted by molar-refractivity contribution is 6.76. The summed E-state index contributed by atoms with van der Waals surface area (Å²) in [6.07, 6.45) is 2.83. The molecule has 2 unspecified atom stereocenters. The van der Waals surface area contributed by atoms with Crippen molar-refractivity contribution in [1.82, 2.24) is 10.2 Å². The predicted octanol–water partition coefficient (Wildman–Crippen LogP) is 1.41. The third-order valence-corrected chi connectivity index (χ3v) is 4.88. The highest BCUT2D eigenvalue weighted by Crippen LogP contribution is 2.26. The van der Waals surface area contributed by atoms with E-state index in [0.717, 1.165) is 11.8 Å². The maximum atomic E-state index is 3.53. The van der Waals surface area contributed by atoms with Gasteiger partial charge >= 0.3 is 0 Å². The summed E-state index contributed by atoms with van der Waals surface area (Å²) in [7, 11) is -0.883. The molecule has 0 spiro atoms. The SMILES string of the molecule is C[Si](C)(C)CN1CCC2CNCC2C1. The number of hydrogen-bond donors (Lipinski definition) is 1. The molecule has 0 bridgehead atoms. The summed E-state index contributed by atoms with van der Waals surface area (Å²) in [5.74, 6) is 1.95. The van der Waals surface area contributed by atoms with Crippen LogP contribution in [-0.4, -0.2) is 45.3 Å². The Balaban J connectivity index is 1.85. The number of hydrogen-bond acceptors (Lipinski definition) is 2. The monoisotopic (exact) mass is 212 g/mol. The van der Waals surface area contributed by atoms with Gasteiger partial charge in [0.2, 0.25) is 0 Å². The van der Waals surface area contributed by atoms with Crippen molar-refractivity contribution in [2.24, 2.45) is 11.8 Å². The molecule has 14 heavy (non-hydrogen) atoms. The van der Waals surface area contributed by atoms with Crippen molar-refractivity contribution in [3.8, 4) is 0 Å². The minimum atomic E-state index is -0.883. The molecular formula is C11H24N2Si. The van der Waals surface area contributed by atoms with Crippen LogP contribution < -0.4 is 5.32 Å². The van der Waals surface area contributed by atoms with Crippen LogP contribution in [0.1, 0.15) is 6.42 Å². The molecular weight excluding hydrogens is 188 g/mol. The topological polar surface area (TPSA) is 15.3 Å². The molecule has 1 N–H and O–H groups in total. The minimum Gasteiger partial charge on any atom is -0.316 e. The fourth-order valence-electron chi connectivity index (χ4n) is 2.92. The van der Waals surface area contributed by atoms with Gasteiger partial charge in [-0.25, -0.2) is 0 Å². The molecule has 82 valence electrons. The first-order chi connectivity index (χ1) is 6.54. The highest BCUT2D eigenvalue weighted by atomic mass is 28.3. The van der Waals surface area contributed by atoms with E-state index in [1.807, 2.05) is 0 Å². The van der Waals surface area contributed by atoms with E-state index in [0.29, 0.717) is 0 Å². The number of fused-ring (bicyclic) bond motifs is 1. The van der Waals surface area contributed by atoms with Crippen LogP contribution in [0.25, 0.3) is 0 Å². The first-order valence-corrected chi connectivity index (χ1v) is 9.68. The van der Waals surface area contributed by atoms with E-state index in [-0.39, 0.29) is 0 Å². The lowest BCUT2D eigenvalue weighted by atomic mass is 9.89. The molecule has 2 aliphatic heterocycles. The second-order valence-electron chi connectivity index (χ2n) is 6.26. The summed E-state index contributed by atoms with van der Waals surface area (Å²) < 4.78 is 0. The van der Waals surface area contributed by atoms with Gasteiger partial charge in [0.05, 0.1) is 8.07 Å². The van der Waals surface area contributed by atoms with E-state index in [9.17, 15) is 0 Å². The molecule has 0 aliphatic carbocycles. The predicted molar refractivity (Wildman–Crippen MR) is 64.3 cm³/mol. The minimum absolute atomic E-state index is 0.883. The summed E-state index contributed by atoms with van der Waals surface area (Å²) in [4.78, 5) is 2.72. The Bertz CT molecular complexity index is 200. The van der Waals surface area contributed by atoms with Crippen LogP contribution >= 0.6 is 0 Å². The Morgan fingerprint density at radius 2 is 1.93 bits per heavy atom. The second-order valence-corrected chi connectivity index (χ2v) is 11.7. The Labute approximate surface area is 89.1 Å². The summed E-state index contributed by atoms with van der Waals surface area (Å²) in [5.41, 5.74) is 0. The van der Waals surface area contributed by atoms with Crippen LogP contribution in [0.4, 0.5) is 0 Å². The smallest absolute Gasteiger partial charge is 0.0599 e. The molecule has 0 radical (unpaired) electrons. The van der Waals surface area contributed by atoms with Gasteiger partial charge in [0.1, 0.15) is 0 Å². The van der Waals surface area contributed by atoms with E-state index in [1.165, 1.54) is 38.8 Å². The molecule has 0 aromatic heterocycles. The quantitative estimate of drug-likeness (QED) is 0.696. The first kappa shape index (κ1) is 10.6. The van der Waals surface area contributed by atoms with Crippen molar-refractivity contribution in [2.75, 3.05) is 32.3 Å². The average Bonchev–Trinajstić information content (AvgIpc) is 2.47. The van der Waals surface area contributed by atoms with Crippen LogP contribution in [0.2, 0.25) is 19.6 Å². The van der Waals surface area contributed by atoms with E-state index in [2.05, 4.69) is 29.9 Å². The number of likely N-dealkylation sites (tertiary alicyclic amines) is 1. The number of rotatable bonds is 2. The molecule has 2 atom stereocenters. The Morgan fingerprint density at radius 1 is 1.21 bits per heavy atom. The fraction of sp³-hybridized carbons (Fsp3) is 1.00. The molecule has 0 aromatic carbocycles. The summed E-state index contributed by atoms with van der Waals surface area (Å²) in [6.45, 7) is 12.7. The zero-order valence-corrected chi connectivity index (χ0v) is 10.8. The molecule has 2 fully saturated rings. The van der Waals surface area contributed by atoms with Crippen molar-refractivity contribution >= 4 is 8.07 Å². The molecule has 2 saturated heterocycles. The Kier molecular flexibility index (Phi) is 3.00. The van der Waals surface area contributed by atoms with E-state index >= 15 is 0 Å². The van der Waals surface area contributed by atoms with Gasteiger partial charge < -0.3 is 10.2 Å². The third-order valence-electron chi connectivity index (χ3n) is 3.49. The normalized spacial score (nSPS) is 34.5. The molecule has 2 aliphatic rings. The molecule has 3 heteroatoms. The van der Waals surface area contributed by atoms with Gasteiger partial charge in [-0.05, 0) is 44.1 Å². The summed E-state index contributed by atoms with van der Waals surface area (Å²) in [6, 6.07) is 0. The lowest BCUT2D eigenvalue weighted by molar-refractivity contribution is 0.167. The highest BCUT2D eigenvalue weighted by Gasteiger charge is 2.33. The van der Waals surface area contributed by atoms with E-state index < -0.39 is 8.07 Å². The lowest BCUT2D eigenvalue weighted by Crippen LogP contribution is -2.47. The van der Waals surface area contributed by atoms with Gasteiger partial charge in [0.15, 0.2) is 0 Å². The number of nitrogens with one attached hydrogen (secondary N) is 1. The van der Waals surface area contributed by atoms with E-state index in [4.69, 9.17) is 0 Å². The summed E-state index contributed by atoms with van der Waals surface area (Å²) in [5, 5.41) is 3.53. The van der Waals surface area contributed by atoms with Crippen molar-refractivity contribution in [2.45, 2.75) is 26.1 Å². The Hall–Kier alpha value is 0.137. The molecule has 0 saturated carbocycles. The maximum Gasteiger partial charge on any atom is 0.0599 e. The van der Waals surface area contributed by atoms with Gasteiger partial charge in [-0.2, -0.15) is 0 Å². The van der Waals surface area contributed by atoms with Crippen LogP contribution in [0.15, 0.2) is 0 Å². The van der Waals surface area contributed by atoms with Crippen molar-refractivity contribution in [3.63, 3.8) is 0 Å². The van der Waals surface area contributed by atoms with Crippen LogP contribution in [0, 0.1) is 11.8 Å². The van der Waals surface area contributed by atoms with Gasteiger partial charge in [-0.1, -0.05) is 19.6 Å². The second kappa shape index (κ2) is 3.95. The Morgan fingerprint density at radius 3 is 2.64 bits per heavy atom. The van der Waals surface area contributed by atoms with Crippen molar-refractivity contribution in [3.05, 3.63) is 0 Å². The number of nitrogens with zero attached hydrogens (tertiary/aromatic N) is 1. The van der Waals surface area contributed by atoms with Gasteiger partial charge in [0, 0.05) is 6.54 Å². The first-order valence-electron chi connectivity index (χ1n) is 5.98. The number of piperidine rings is 1. The third kappa shape index (κ3) is 2.58. The standard InChI is InChI=1S/C11H24N2Si/c1-14(2,3)9-13-5-4-10-6-12-7-11(10)8-13/h10-12H,4-9H2,1-3H3. The molecule has 2 rings (SSSR count). The molecule has 2 nitrogen and oxygen atoms in total. The van der Waals surface area contributed by atoms with Gasteiger partial charge in [-0.15, -0.1) is 0 Å². The average molecular weight is 212 g/mol. The summed E-state index contributed by atoms with van der Waals surface area (Å²) >= 11 is 0. The zero-order valence-electron chi connectivity index (χ0n) is 9.84. The van der Waals surface area contributed by atoms with Crippen molar-refractivity contribution in [1.29, 1.82) is 0 Å². The lowest BCUT2D eigenvalue weighted by Gasteiger charge is -2.37. The van der Waals surface area contributed by atoms with Crippen molar-refractivity contribution < 1.29 is 0 Å². The molecule has 2 heterocycles. The van der Waals surface area contributed by atoms with Gasteiger partial charge in [0.25, 0.3) is 0 Å². The van der Waals surface area contributed by atoms with Crippen LogP contribution in [0.5, 0.6) is 0 Å². The molecule has 0 aromatic rings. The zero-order chi connectivity index (χ0) is 10.2. The molecule has 0 amide bonds. The van der Waals surface area contributed by atoms with Crippen LogP contribution in [0.3, 0.4) is 0 Å². The maximum absolute atomic E-state index is 3.53. The van der Waals surface area contributed by atoms with Gasteiger partial charge in [-0.3, -0.25) is 0 Å². The largest absolute Gasteiger partial charge is 0.316 e.